The summed E-state index contributed by atoms with van der Waals surface area (Å²) in [6.07, 6.45) is -2.68. The van der Waals surface area contributed by atoms with Crippen molar-refractivity contribution >= 4 is 22.5 Å². The van der Waals surface area contributed by atoms with Crippen molar-refractivity contribution in [3.05, 3.63) is 77.6 Å². The minimum atomic E-state index is -4.45. The van der Waals surface area contributed by atoms with E-state index in [1.807, 2.05) is 6.07 Å². The Morgan fingerprint density at radius 3 is 2.53 bits per heavy atom. The second kappa shape index (κ2) is 7.70. The molecule has 30 heavy (non-hydrogen) atoms. The van der Waals surface area contributed by atoms with Crippen LogP contribution in [0.5, 0.6) is 5.75 Å². The first-order valence-electron chi connectivity index (χ1n) is 9.23. The first-order valence-corrected chi connectivity index (χ1v) is 9.23. The van der Waals surface area contributed by atoms with Gasteiger partial charge in [0, 0.05) is 6.20 Å². The number of benzene rings is 2. The van der Waals surface area contributed by atoms with Crippen LogP contribution in [0.25, 0.3) is 16.6 Å². The van der Waals surface area contributed by atoms with Crippen LogP contribution in [-0.2, 0) is 17.5 Å². The highest BCUT2D eigenvalue weighted by atomic mass is 19.4. The third kappa shape index (κ3) is 3.80. The number of halogens is 3. The highest BCUT2D eigenvalue weighted by Gasteiger charge is 2.30. The molecule has 154 valence electrons. The van der Waals surface area contributed by atoms with Crippen molar-refractivity contribution in [2.75, 3.05) is 6.61 Å². The van der Waals surface area contributed by atoms with Crippen LogP contribution in [-0.4, -0.2) is 22.0 Å². The Kier molecular flexibility index (Phi) is 5.07. The number of alkyl halides is 3. The Morgan fingerprint density at radius 2 is 1.83 bits per heavy atom. The summed E-state index contributed by atoms with van der Waals surface area (Å²) in [5, 5.41) is 0. The molecule has 0 aliphatic rings. The van der Waals surface area contributed by atoms with Crippen molar-refractivity contribution in [2.24, 2.45) is 0 Å². The molecule has 0 fully saturated rings. The minimum absolute atomic E-state index is 0.0540. The lowest BCUT2D eigenvalue weighted by atomic mass is 10.1. The molecule has 0 saturated heterocycles. The fraction of sp³-hybridized carbons (Fsp3) is 0.182. The Morgan fingerprint density at radius 1 is 1.07 bits per heavy atom. The van der Waals surface area contributed by atoms with Gasteiger partial charge in [0.1, 0.15) is 18.1 Å². The molecule has 2 aromatic heterocycles. The monoisotopic (exact) mass is 414 g/mol. The fourth-order valence-electron chi connectivity index (χ4n) is 3.18. The molecular weight excluding hydrogens is 397 g/mol. The molecule has 0 unspecified atom stereocenters. The van der Waals surface area contributed by atoms with Crippen molar-refractivity contribution in [1.82, 2.24) is 9.38 Å². The number of ether oxygens (including phenoxy) is 2. The van der Waals surface area contributed by atoms with Crippen LogP contribution >= 0.6 is 0 Å². The second-order valence-corrected chi connectivity index (χ2v) is 6.56. The molecular formula is C22H17F3N2O3. The van der Waals surface area contributed by atoms with Crippen molar-refractivity contribution < 1.29 is 27.4 Å². The van der Waals surface area contributed by atoms with E-state index in [0.29, 0.717) is 22.5 Å². The van der Waals surface area contributed by atoms with Crippen LogP contribution in [0.4, 0.5) is 13.2 Å². The minimum Gasteiger partial charge on any atom is -0.487 e. The number of nitrogens with zero attached hydrogens (tertiary/aromatic N) is 2. The molecule has 8 heteroatoms. The zero-order chi connectivity index (χ0) is 21.3. The van der Waals surface area contributed by atoms with Gasteiger partial charge in [-0.15, -0.1) is 0 Å². The van der Waals surface area contributed by atoms with Crippen LogP contribution < -0.4 is 4.74 Å². The van der Waals surface area contributed by atoms with Crippen LogP contribution in [0.15, 0.2) is 60.8 Å². The molecule has 0 bridgehead atoms. The fourth-order valence-corrected chi connectivity index (χ4v) is 3.18. The number of rotatable bonds is 5. The molecule has 0 N–H and O–H groups in total. The summed E-state index contributed by atoms with van der Waals surface area (Å²) in [6, 6.07) is 13.6. The van der Waals surface area contributed by atoms with E-state index < -0.39 is 17.7 Å². The molecule has 2 heterocycles. The molecule has 0 saturated carbocycles. The van der Waals surface area contributed by atoms with Gasteiger partial charge in [-0.2, -0.15) is 13.2 Å². The van der Waals surface area contributed by atoms with Gasteiger partial charge in [0.2, 0.25) is 0 Å². The van der Waals surface area contributed by atoms with Crippen molar-refractivity contribution in [3.8, 4) is 5.75 Å². The summed E-state index contributed by atoms with van der Waals surface area (Å²) in [5.41, 5.74) is 1.69. The van der Waals surface area contributed by atoms with Gasteiger partial charge in [0.25, 0.3) is 0 Å². The molecule has 0 atom stereocenters. The van der Waals surface area contributed by atoms with Crippen LogP contribution in [0, 0.1) is 0 Å². The molecule has 0 radical (unpaired) electrons. The Bertz CT molecular complexity index is 1210. The third-order valence-electron chi connectivity index (χ3n) is 4.60. The summed E-state index contributed by atoms with van der Waals surface area (Å²) < 4.78 is 51.7. The van der Waals surface area contributed by atoms with Gasteiger partial charge in [-0.3, -0.25) is 0 Å². The maximum atomic E-state index is 13.1. The summed E-state index contributed by atoms with van der Waals surface area (Å²) in [4.78, 5) is 16.1. The number of esters is 1. The maximum Gasteiger partial charge on any atom is 0.416 e. The van der Waals surface area contributed by atoms with Crippen LogP contribution in [0.2, 0.25) is 0 Å². The van der Waals surface area contributed by atoms with Crippen molar-refractivity contribution in [1.29, 1.82) is 0 Å². The van der Waals surface area contributed by atoms with E-state index in [9.17, 15) is 18.0 Å². The van der Waals surface area contributed by atoms with Gasteiger partial charge in [-0.05, 0) is 61.5 Å². The lowest BCUT2D eigenvalue weighted by molar-refractivity contribution is -0.137. The van der Waals surface area contributed by atoms with E-state index in [4.69, 9.17) is 9.47 Å². The quantitative estimate of drug-likeness (QED) is 0.418. The van der Waals surface area contributed by atoms with Gasteiger partial charge < -0.3 is 13.9 Å². The van der Waals surface area contributed by atoms with E-state index in [-0.39, 0.29) is 18.7 Å². The van der Waals surface area contributed by atoms with Gasteiger partial charge >= 0.3 is 12.1 Å². The largest absolute Gasteiger partial charge is 0.487 e. The molecule has 5 nitrogen and oxygen atoms in total. The lowest BCUT2D eigenvalue weighted by Gasteiger charge is -2.12. The Balaban J connectivity index is 1.63. The van der Waals surface area contributed by atoms with E-state index in [1.165, 1.54) is 6.07 Å². The van der Waals surface area contributed by atoms with E-state index in [0.717, 1.165) is 17.6 Å². The molecule has 0 aliphatic carbocycles. The second-order valence-electron chi connectivity index (χ2n) is 6.56. The topological polar surface area (TPSA) is 52.8 Å². The van der Waals surface area contributed by atoms with Gasteiger partial charge in [-0.1, -0.05) is 0 Å². The SMILES string of the molecule is CCOC(=O)c1ccc(OCc2nc3cc(C(F)(F)F)ccc3n3cccc23)cc1. The number of hydrogen-bond donors (Lipinski definition) is 0. The maximum absolute atomic E-state index is 13.1. The summed E-state index contributed by atoms with van der Waals surface area (Å²) in [5.74, 6) is 0.0781. The summed E-state index contributed by atoms with van der Waals surface area (Å²) in [7, 11) is 0. The number of carbonyl (C=O) groups excluding carboxylic acids is 1. The number of carbonyl (C=O) groups is 1. The normalized spacial score (nSPS) is 11.7. The van der Waals surface area contributed by atoms with E-state index in [2.05, 4.69) is 4.98 Å². The van der Waals surface area contributed by atoms with Gasteiger partial charge in [0.05, 0.1) is 34.3 Å². The standard InChI is InChI=1S/C22H17F3N2O3/c1-2-29-21(28)14-5-8-16(9-6-14)30-13-18-19-4-3-11-27(19)20-10-7-15(22(23,24)25)12-17(20)26-18/h3-12H,2,13H2,1H3. The van der Waals surface area contributed by atoms with E-state index in [1.54, 1.807) is 47.9 Å². The molecule has 4 aromatic rings. The smallest absolute Gasteiger partial charge is 0.416 e. The molecule has 2 aromatic carbocycles. The molecule has 0 spiro atoms. The Labute approximate surface area is 169 Å². The molecule has 0 aliphatic heterocycles. The van der Waals surface area contributed by atoms with Crippen molar-refractivity contribution in [2.45, 2.75) is 19.7 Å². The summed E-state index contributed by atoms with van der Waals surface area (Å²) in [6.45, 7) is 2.07. The van der Waals surface area contributed by atoms with Crippen LogP contribution in [0.3, 0.4) is 0 Å². The van der Waals surface area contributed by atoms with E-state index >= 15 is 0 Å². The predicted octanol–water partition coefficient (Wildman–Crippen LogP) is 5.26. The average molecular weight is 414 g/mol. The number of hydrogen-bond acceptors (Lipinski definition) is 4. The first-order chi connectivity index (χ1) is 14.4. The molecule has 0 amide bonds. The Hall–Kier alpha value is -3.55. The highest BCUT2D eigenvalue weighted by molar-refractivity contribution is 5.89. The van der Waals surface area contributed by atoms with Crippen molar-refractivity contribution in [3.63, 3.8) is 0 Å². The van der Waals surface area contributed by atoms with Crippen LogP contribution in [0.1, 0.15) is 28.5 Å². The first kappa shape index (κ1) is 19.8. The zero-order valence-corrected chi connectivity index (χ0v) is 15.9. The van der Waals surface area contributed by atoms with Gasteiger partial charge in [0.15, 0.2) is 0 Å². The van der Waals surface area contributed by atoms with Gasteiger partial charge in [-0.25, -0.2) is 9.78 Å². The number of aromatic nitrogens is 2. The lowest BCUT2D eigenvalue weighted by Crippen LogP contribution is -2.07. The highest BCUT2D eigenvalue weighted by Crippen LogP contribution is 2.31. The average Bonchev–Trinajstić information content (AvgIpc) is 3.22. The predicted molar refractivity (Wildman–Crippen MR) is 104 cm³/mol. The molecule has 4 rings (SSSR count). The number of fused-ring (bicyclic) bond motifs is 3. The third-order valence-corrected chi connectivity index (χ3v) is 4.60. The summed E-state index contributed by atoms with van der Waals surface area (Å²) >= 11 is 0. The zero-order valence-electron chi connectivity index (χ0n) is 15.9.